The topological polar surface area (TPSA) is 65.1 Å². The summed E-state index contributed by atoms with van der Waals surface area (Å²) in [4.78, 5) is 29.9. The smallest absolute Gasteiger partial charge is 0.437 e. The van der Waals surface area contributed by atoms with E-state index in [9.17, 15) is 9.59 Å². The molecule has 0 unspecified atom stereocenters. The van der Waals surface area contributed by atoms with Gasteiger partial charge in [0.2, 0.25) is 0 Å². The fourth-order valence-corrected chi connectivity index (χ4v) is 3.26. The van der Waals surface area contributed by atoms with Gasteiger partial charge in [0.25, 0.3) is 5.91 Å². The van der Waals surface area contributed by atoms with Crippen molar-refractivity contribution in [1.29, 1.82) is 0 Å². The molecule has 1 amide bonds. The number of amides is 1. The van der Waals surface area contributed by atoms with Crippen LogP contribution in [0.3, 0.4) is 0 Å². The number of carbonyl (C=O) groups is 2. The summed E-state index contributed by atoms with van der Waals surface area (Å²) in [6, 6.07) is 3.97. The molecule has 6 nitrogen and oxygen atoms in total. The molecule has 1 aromatic rings. The first-order valence-electron chi connectivity index (χ1n) is 7.62. The van der Waals surface area contributed by atoms with Crippen LogP contribution in [0.1, 0.15) is 36.1 Å². The summed E-state index contributed by atoms with van der Waals surface area (Å²) in [6.45, 7) is 9.34. The average molecular weight is 333 g/mol. The Hall–Kier alpha value is -2.34. The highest BCUT2D eigenvalue weighted by atomic mass is 16.7. The predicted molar refractivity (Wildman–Crippen MR) is 89.0 cm³/mol. The molecule has 6 heteroatoms. The third-order valence-electron chi connectivity index (χ3n) is 4.15. The number of benzene rings is 1. The largest absolute Gasteiger partial charge is 0.513 e. The van der Waals surface area contributed by atoms with Crippen LogP contribution in [0.4, 0.5) is 4.79 Å². The van der Waals surface area contributed by atoms with E-state index < -0.39 is 11.7 Å². The minimum Gasteiger partial charge on any atom is -0.437 e. The number of aryl methyl sites for hydroxylation is 3. The second-order valence-corrected chi connectivity index (χ2v) is 6.38. The quantitative estimate of drug-likeness (QED) is 0.794. The lowest BCUT2D eigenvalue weighted by Gasteiger charge is -2.30. The number of methoxy groups -OCH3 is 1. The lowest BCUT2D eigenvalue weighted by atomic mass is 9.91. The second kappa shape index (κ2) is 6.28. The minimum atomic E-state index is -0.945. The van der Waals surface area contributed by atoms with Crippen LogP contribution in [0, 0.1) is 20.8 Å². The van der Waals surface area contributed by atoms with Gasteiger partial charge in [0, 0.05) is 0 Å². The van der Waals surface area contributed by atoms with Crippen LogP contribution >= 0.6 is 0 Å². The van der Waals surface area contributed by atoms with Crippen LogP contribution in [0.15, 0.2) is 17.9 Å². The van der Waals surface area contributed by atoms with Gasteiger partial charge in [-0.25, -0.2) is 9.86 Å². The lowest BCUT2D eigenvalue weighted by Crippen LogP contribution is -2.43. The summed E-state index contributed by atoms with van der Waals surface area (Å²) in [6.07, 6.45) is -0.872. The molecule has 1 aliphatic rings. The van der Waals surface area contributed by atoms with Crippen molar-refractivity contribution in [3.8, 4) is 0 Å². The average Bonchev–Trinajstić information content (AvgIpc) is 2.65. The first kappa shape index (κ1) is 18.0. The summed E-state index contributed by atoms with van der Waals surface area (Å²) in [5.41, 5.74) is 3.07. The Bertz CT molecular complexity index is 710. The van der Waals surface area contributed by atoms with Crippen LogP contribution in [-0.2, 0) is 19.1 Å². The van der Waals surface area contributed by atoms with Crippen molar-refractivity contribution in [2.45, 2.75) is 40.2 Å². The van der Waals surface area contributed by atoms with Gasteiger partial charge in [0.15, 0.2) is 5.76 Å². The van der Waals surface area contributed by atoms with E-state index in [1.807, 2.05) is 32.9 Å². The van der Waals surface area contributed by atoms with E-state index in [1.165, 1.54) is 19.3 Å². The first-order chi connectivity index (χ1) is 11.1. The zero-order valence-electron chi connectivity index (χ0n) is 15.1. The molecule has 0 N–H and O–H groups in total. The number of hydroxylamine groups is 2. The molecule has 0 radical (unpaired) electrons. The van der Waals surface area contributed by atoms with Crippen molar-refractivity contribution < 1.29 is 23.9 Å². The molecule has 1 aliphatic heterocycles. The van der Waals surface area contributed by atoms with Gasteiger partial charge in [-0.1, -0.05) is 17.7 Å². The molecule has 0 saturated carbocycles. The van der Waals surface area contributed by atoms with Crippen molar-refractivity contribution in [3.05, 3.63) is 40.1 Å². The number of hydrogen-bond donors (Lipinski definition) is 0. The summed E-state index contributed by atoms with van der Waals surface area (Å²) in [7, 11) is 2.63. The summed E-state index contributed by atoms with van der Waals surface area (Å²) >= 11 is 0. The lowest BCUT2D eigenvalue weighted by molar-refractivity contribution is -0.190. The Morgan fingerprint density at radius 1 is 1.08 bits per heavy atom. The van der Waals surface area contributed by atoms with Crippen molar-refractivity contribution >= 4 is 17.6 Å². The molecule has 0 aromatic heterocycles. The highest BCUT2D eigenvalue weighted by Crippen LogP contribution is 2.42. The molecule has 0 atom stereocenters. The second-order valence-electron chi connectivity index (χ2n) is 6.38. The van der Waals surface area contributed by atoms with Gasteiger partial charge in [-0.2, -0.15) is 0 Å². The number of nitrogens with zero attached hydrogens (tertiary/aromatic N) is 1. The molecule has 130 valence electrons. The summed E-state index contributed by atoms with van der Waals surface area (Å²) in [5.74, 6) is -0.132. The number of carbonyl (C=O) groups excluding carboxylic acids is 2. The fraction of sp³-hybridized carbons (Fsp3) is 0.444. The van der Waals surface area contributed by atoms with Crippen molar-refractivity contribution in [2.24, 2.45) is 0 Å². The monoisotopic (exact) mass is 333 g/mol. The van der Waals surface area contributed by atoms with Crippen molar-refractivity contribution in [2.75, 3.05) is 14.2 Å². The molecule has 24 heavy (non-hydrogen) atoms. The van der Waals surface area contributed by atoms with E-state index in [1.54, 1.807) is 13.8 Å². The number of hydrogen-bond acceptors (Lipinski definition) is 5. The zero-order valence-corrected chi connectivity index (χ0v) is 15.1. The van der Waals surface area contributed by atoms with E-state index in [0.29, 0.717) is 5.57 Å². The van der Waals surface area contributed by atoms with E-state index in [-0.39, 0.29) is 11.7 Å². The van der Waals surface area contributed by atoms with Gasteiger partial charge in [-0.3, -0.25) is 9.63 Å². The SMILES string of the molecule is COC(=O)OC1=C(c2c(C)cc(C)cc2C)C(=O)N(OC)C1(C)C. The Kier molecular flexibility index (Phi) is 4.71. The van der Waals surface area contributed by atoms with Crippen molar-refractivity contribution in [3.63, 3.8) is 0 Å². The van der Waals surface area contributed by atoms with Gasteiger partial charge in [-0.15, -0.1) is 0 Å². The molecule has 0 fully saturated rings. The van der Waals surface area contributed by atoms with Crippen LogP contribution in [0.2, 0.25) is 0 Å². The molecule has 0 saturated heterocycles. The molecular weight excluding hydrogens is 310 g/mol. The predicted octanol–water partition coefficient (Wildman–Crippen LogP) is 3.29. The Morgan fingerprint density at radius 2 is 1.62 bits per heavy atom. The molecule has 2 rings (SSSR count). The van der Waals surface area contributed by atoms with Crippen LogP contribution < -0.4 is 0 Å². The first-order valence-corrected chi connectivity index (χ1v) is 7.62. The van der Waals surface area contributed by atoms with Crippen LogP contribution in [0.25, 0.3) is 5.57 Å². The normalized spacial score (nSPS) is 16.6. The third kappa shape index (κ3) is 2.78. The maximum absolute atomic E-state index is 12.9. The highest BCUT2D eigenvalue weighted by molar-refractivity contribution is 6.23. The van der Waals surface area contributed by atoms with Gasteiger partial charge >= 0.3 is 6.16 Å². The zero-order chi connectivity index (χ0) is 18.2. The van der Waals surface area contributed by atoms with Gasteiger partial charge in [-0.05, 0) is 51.3 Å². The maximum Gasteiger partial charge on any atom is 0.513 e. The van der Waals surface area contributed by atoms with Gasteiger partial charge in [0.05, 0.1) is 19.8 Å². The van der Waals surface area contributed by atoms with Crippen molar-refractivity contribution in [1.82, 2.24) is 5.06 Å². The maximum atomic E-state index is 12.9. The Balaban J connectivity index is 2.75. The summed E-state index contributed by atoms with van der Waals surface area (Å²) < 4.78 is 9.97. The standard InChI is InChI=1S/C18H23NO5/c1-10-8-11(2)13(12(3)9-10)14-15(24-17(21)22-6)18(4,5)19(23-7)16(14)20/h8-9H,1-7H3. The third-order valence-corrected chi connectivity index (χ3v) is 4.15. The molecule has 1 aromatic carbocycles. The van der Waals surface area contributed by atoms with Crippen LogP contribution in [0.5, 0.6) is 0 Å². The number of rotatable bonds is 3. The van der Waals surface area contributed by atoms with Crippen LogP contribution in [-0.4, -0.2) is 36.9 Å². The molecule has 1 heterocycles. The van der Waals surface area contributed by atoms with Gasteiger partial charge < -0.3 is 9.47 Å². The number of ether oxygens (including phenoxy) is 2. The molecular formula is C18H23NO5. The molecule has 0 aliphatic carbocycles. The van der Waals surface area contributed by atoms with E-state index >= 15 is 0 Å². The summed E-state index contributed by atoms with van der Waals surface area (Å²) in [5, 5.41) is 1.21. The van der Waals surface area contributed by atoms with E-state index in [2.05, 4.69) is 4.74 Å². The van der Waals surface area contributed by atoms with E-state index in [4.69, 9.17) is 9.57 Å². The Morgan fingerprint density at radius 3 is 2.08 bits per heavy atom. The molecule has 0 bridgehead atoms. The fourth-order valence-electron chi connectivity index (χ4n) is 3.26. The van der Waals surface area contributed by atoms with E-state index in [0.717, 1.165) is 22.3 Å². The Labute approximate surface area is 141 Å². The minimum absolute atomic E-state index is 0.219. The van der Waals surface area contributed by atoms with Gasteiger partial charge in [0.1, 0.15) is 5.54 Å². The highest BCUT2D eigenvalue weighted by Gasteiger charge is 2.50. The molecule has 0 spiro atoms.